The van der Waals surface area contributed by atoms with Gasteiger partial charge in [-0.2, -0.15) is 0 Å². The quantitative estimate of drug-likeness (QED) is 0.625. The van der Waals surface area contributed by atoms with E-state index in [-0.39, 0.29) is 18.4 Å². The van der Waals surface area contributed by atoms with Crippen LogP contribution in [0.4, 0.5) is 10.1 Å². The summed E-state index contributed by atoms with van der Waals surface area (Å²) in [5.74, 6) is -2.60. The molecule has 2 aromatic rings. The zero-order chi connectivity index (χ0) is 23.8. The molecule has 0 aliphatic carbocycles. The summed E-state index contributed by atoms with van der Waals surface area (Å²) in [6.45, 7) is 2.47. The fourth-order valence-electron chi connectivity index (χ4n) is 3.58. The second-order valence-corrected chi connectivity index (χ2v) is 7.69. The number of halogens is 1. The van der Waals surface area contributed by atoms with Crippen LogP contribution in [0, 0.1) is 11.7 Å². The number of nitrogens with one attached hydrogen (secondary N) is 2. The third-order valence-corrected chi connectivity index (χ3v) is 5.22. The van der Waals surface area contributed by atoms with Gasteiger partial charge in [-0.1, -0.05) is 6.07 Å². The Balaban J connectivity index is 1.50. The summed E-state index contributed by atoms with van der Waals surface area (Å²) >= 11 is 0. The first-order chi connectivity index (χ1) is 15.9. The molecule has 1 atom stereocenters. The molecule has 0 bridgehead atoms. The number of hydrogen-bond donors (Lipinski definition) is 2. The van der Waals surface area contributed by atoms with Gasteiger partial charge < -0.3 is 20.3 Å². The molecule has 0 spiro atoms. The highest BCUT2D eigenvalue weighted by molar-refractivity contribution is 5.98. The van der Waals surface area contributed by atoms with Gasteiger partial charge in [0.05, 0.1) is 5.92 Å². The Bertz CT molecular complexity index is 1030. The fourth-order valence-corrected chi connectivity index (χ4v) is 3.58. The number of ether oxygens (including phenoxy) is 1. The smallest absolute Gasteiger partial charge is 0.311 e. The second-order valence-electron chi connectivity index (χ2n) is 7.69. The van der Waals surface area contributed by atoms with Gasteiger partial charge in [0, 0.05) is 36.4 Å². The molecule has 3 amide bonds. The molecule has 1 saturated heterocycles. The number of likely N-dealkylation sites (tertiary alicyclic amines) is 1. The molecule has 1 aliphatic rings. The highest BCUT2D eigenvalue weighted by Crippen LogP contribution is 2.20. The van der Waals surface area contributed by atoms with E-state index in [0.29, 0.717) is 42.7 Å². The Morgan fingerprint density at radius 1 is 1.09 bits per heavy atom. The molecule has 0 aromatic heterocycles. The maximum atomic E-state index is 13.1. The van der Waals surface area contributed by atoms with Crippen molar-refractivity contribution in [2.45, 2.75) is 19.8 Å². The molecule has 0 saturated carbocycles. The summed E-state index contributed by atoms with van der Waals surface area (Å²) in [6.07, 6.45) is 1.16. The number of esters is 1. The van der Waals surface area contributed by atoms with E-state index in [1.165, 1.54) is 35.2 Å². The van der Waals surface area contributed by atoms with E-state index in [9.17, 15) is 23.6 Å². The lowest BCUT2D eigenvalue weighted by molar-refractivity contribution is -0.152. The van der Waals surface area contributed by atoms with Gasteiger partial charge in [-0.3, -0.25) is 19.2 Å². The number of carbonyl (C=O) groups is 4. The maximum absolute atomic E-state index is 13.1. The third-order valence-electron chi connectivity index (χ3n) is 5.22. The predicted octanol–water partition coefficient (Wildman–Crippen LogP) is 2.61. The largest absolute Gasteiger partial charge is 0.455 e. The van der Waals surface area contributed by atoms with Crippen LogP contribution in [0.15, 0.2) is 48.5 Å². The zero-order valence-corrected chi connectivity index (χ0v) is 18.3. The molecule has 0 radical (unpaired) electrons. The molecule has 2 aromatic carbocycles. The lowest BCUT2D eigenvalue weighted by Gasteiger charge is -2.31. The van der Waals surface area contributed by atoms with Gasteiger partial charge in [0.25, 0.3) is 17.7 Å². The lowest BCUT2D eigenvalue weighted by atomic mass is 9.97. The van der Waals surface area contributed by atoms with E-state index in [1.807, 2.05) is 6.92 Å². The van der Waals surface area contributed by atoms with E-state index in [0.717, 1.165) is 0 Å². The average Bonchev–Trinajstić information content (AvgIpc) is 2.83. The molecule has 3 rings (SSSR count). The normalized spacial score (nSPS) is 15.5. The van der Waals surface area contributed by atoms with Crippen molar-refractivity contribution in [3.8, 4) is 0 Å². The van der Waals surface area contributed by atoms with Crippen molar-refractivity contribution in [2.75, 3.05) is 31.6 Å². The van der Waals surface area contributed by atoms with Crippen LogP contribution in [0.1, 0.15) is 40.5 Å². The monoisotopic (exact) mass is 455 g/mol. The van der Waals surface area contributed by atoms with Crippen LogP contribution in [-0.2, 0) is 14.3 Å². The van der Waals surface area contributed by atoms with Crippen molar-refractivity contribution >= 4 is 29.4 Å². The number of carbonyl (C=O) groups excluding carboxylic acids is 4. The number of piperidine rings is 1. The van der Waals surface area contributed by atoms with Crippen molar-refractivity contribution in [3.63, 3.8) is 0 Å². The highest BCUT2D eigenvalue weighted by Gasteiger charge is 2.30. The number of rotatable bonds is 7. The Labute approximate surface area is 191 Å². The van der Waals surface area contributed by atoms with E-state index in [1.54, 1.807) is 18.2 Å². The van der Waals surface area contributed by atoms with Gasteiger partial charge >= 0.3 is 5.97 Å². The van der Waals surface area contributed by atoms with Crippen LogP contribution in [0.3, 0.4) is 0 Å². The minimum atomic E-state index is -0.558. The van der Waals surface area contributed by atoms with E-state index >= 15 is 0 Å². The number of nitrogens with zero attached hydrogens (tertiary/aromatic N) is 1. The minimum absolute atomic E-state index is 0.172. The predicted molar refractivity (Wildman–Crippen MR) is 119 cm³/mol. The van der Waals surface area contributed by atoms with Crippen LogP contribution in [-0.4, -0.2) is 54.8 Å². The zero-order valence-electron chi connectivity index (χ0n) is 18.3. The SMILES string of the molecule is CCNC(=O)c1cccc(NC(=O)COC(=O)C2CCCN(C(=O)c3ccc(F)cc3)C2)c1. The van der Waals surface area contributed by atoms with Gasteiger partial charge in [0.2, 0.25) is 0 Å². The lowest BCUT2D eigenvalue weighted by Crippen LogP contribution is -2.43. The van der Waals surface area contributed by atoms with Crippen molar-refractivity contribution in [1.82, 2.24) is 10.2 Å². The van der Waals surface area contributed by atoms with Crippen LogP contribution >= 0.6 is 0 Å². The first-order valence-electron chi connectivity index (χ1n) is 10.8. The number of hydrogen-bond acceptors (Lipinski definition) is 5. The number of amides is 3. The Kier molecular flexibility index (Phi) is 8.12. The first-order valence-corrected chi connectivity index (χ1v) is 10.8. The third kappa shape index (κ3) is 6.61. The molecular weight excluding hydrogens is 429 g/mol. The molecule has 1 fully saturated rings. The van der Waals surface area contributed by atoms with Crippen LogP contribution in [0.2, 0.25) is 0 Å². The maximum Gasteiger partial charge on any atom is 0.311 e. The van der Waals surface area contributed by atoms with Gasteiger partial charge in [0.15, 0.2) is 6.61 Å². The fraction of sp³-hybridized carbons (Fsp3) is 0.333. The molecule has 9 heteroatoms. The molecule has 1 heterocycles. The molecule has 1 unspecified atom stereocenters. The first kappa shape index (κ1) is 23.9. The van der Waals surface area contributed by atoms with Gasteiger partial charge in [-0.25, -0.2) is 4.39 Å². The number of benzene rings is 2. The van der Waals surface area contributed by atoms with Gasteiger partial charge in [0.1, 0.15) is 5.82 Å². The Morgan fingerprint density at radius 2 is 1.85 bits per heavy atom. The Hall–Kier alpha value is -3.75. The second kappa shape index (κ2) is 11.2. The molecule has 33 heavy (non-hydrogen) atoms. The molecule has 174 valence electrons. The van der Waals surface area contributed by atoms with Crippen molar-refractivity contribution in [3.05, 3.63) is 65.5 Å². The number of anilines is 1. The average molecular weight is 455 g/mol. The molecule has 1 aliphatic heterocycles. The molecule has 8 nitrogen and oxygen atoms in total. The summed E-state index contributed by atoms with van der Waals surface area (Å²) in [4.78, 5) is 50.8. The molecule has 2 N–H and O–H groups in total. The summed E-state index contributed by atoms with van der Waals surface area (Å²) in [6, 6.07) is 11.7. The highest BCUT2D eigenvalue weighted by atomic mass is 19.1. The topological polar surface area (TPSA) is 105 Å². The minimum Gasteiger partial charge on any atom is -0.455 e. The summed E-state index contributed by atoms with van der Waals surface area (Å²) in [5, 5.41) is 5.28. The summed E-state index contributed by atoms with van der Waals surface area (Å²) in [7, 11) is 0. The van der Waals surface area contributed by atoms with Crippen molar-refractivity contribution < 1.29 is 28.3 Å². The van der Waals surface area contributed by atoms with Crippen LogP contribution in [0.5, 0.6) is 0 Å². The summed E-state index contributed by atoms with van der Waals surface area (Å²) < 4.78 is 18.3. The molecular formula is C24H26FN3O5. The van der Waals surface area contributed by atoms with Gasteiger partial charge in [-0.15, -0.1) is 0 Å². The van der Waals surface area contributed by atoms with E-state index in [4.69, 9.17) is 4.74 Å². The van der Waals surface area contributed by atoms with Crippen molar-refractivity contribution in [1.29, 1.82) is 0 Å². The standard InChI is InChI=1S/C24H26FN3O5/c1-2-26-22(30)17-5-3-7-20(13-17)27-21(29)15-33-24(32)18-6-4-12-28(14-18)23(31)16-8-10-19(25)11-9-16/h3,5,7-11,13,18H,2,4,6,12,14-15H2,1H3,(H,26,30)(H,27,29). The van der Waals surface area contributed by atoms with E-state index < -0.39 is 30.2 Å². The van der Waals surface area contributed by atoms with Crippen molar-refractivity contribution in [2.24, 2.45) is 5.92 Å². The summed E-state index contributed by atoms with van der Waals surface area (Å²) in [5.41, 5.74) is 1.16. The Morgan fingerprint density at radius 3 is 2.58 bits per heavy atom. The van der Waals surface area contributed by atoms with Crippen LogP contribution in [0.25, 0.3) is 0 Å². The van der Waals surface area contributed by atoms with Gasteiger partial charge in [-0.05, 0) is 62.2 Å². The van der Waals surface area contributed by atoms with Crippen LogP contribution < -0.4 is 10.6 Å². The van der Waals surface area contributed by atoms with E-state index in [2.05, 4.69) is 10.6 Å².